The maximum atomic E-state index is 13.5. The minimum Gasteiger partial charge on any atom is -0.443 e. The summed E-state index contributed by atoms with van der Waals surface area (Å²) in [6.45, 7) is 9.23. The minimum absolute atomic E-state index is 0.410. The molecule has 0 aliphatic carbocycles. The van der Waals surface area contributed by atoms with Crippen LogP contribution in [0.3, 0.4) is 0 Å². The van der Waals surface area contributed by atoms with Gasteiger partial charge in [0, 0.05) is 49.7 Å². The molecule has 1 unspecified atom stereocenters. The van der Waals surface area contributed by atoms with Crippen molar-refractivity contribution in [1.82, 2.24) is 19.8 Å². The van der Waals surface area contributed by atoms with Crippen molar-refractivity contribution in [2.24, 2.45) is 0 Å². The van der Waals surface area contributed by atoms with Crippen molar-refractivity contribution in [2.75, 3.05) is 43.4 Å². The first-order chi connectivity index (χ1) is 17.7. The highest BCUT2D eigenvalue weighted by atomic mass is 16.6. The third-order valence-electron chi connectivity index (χ3n) is 6.57. The highest BCUT2D eigenvalue weighted by molar-refractivity contribution is 6.09. The molecule has 2 aliphatic heterocycles. The fourth-order valence-corrected chi connectivity index (χ4v) is 4.70. The van der Waals surface area contributed by atoms with Gasteiger partial charge in [-0.3, -0.25) is 9.78 Å². The number of anilines is 2. The van der Waals surface area contributed by atoms with Gasteiger partial charge in [-0.2, -0.15) is 0 Å². The summed E-state index contributed by atoms with van der Waals surface area (Å²) in [6.07, 6.45) is 3.75. The number of nitrogens with one attached hydrogen (secondary N) is 1. The lowest BCUT2D eigenvalue weighted by molar-refractivity contribution is 0.0208. The number of ether oxygens (including phenoxy) is 1. The van der Waals surface area contributed by atoms with Gasteiger partial charge in [0.25, 0.3) is 5.91 Å². The Bertz CT molecular complexity index is 1280. The molecule has 37 heavy (non-hydrogen) atoms. The molecule has 5 rings (SSSR count). The fraction of sp³-hybridized carbons (Fsp3) is 0.357. The second kappa shape index (κ2) is 9.82. The molecule has 2 amide bonds. The van der Waals surface area contributed by atoms with Gasteiger partial charge < -0.3 is 19.9 Å². The maximum Gasteiger partial charge on any atom is 0.419 e. The van der Waals surface area contributed by atoms with Crippen LogP contribution in [-0.2, 0) is 4.74 Å². The van der Waals surface area contributed by atoms with Gasteiger partial charge in [0.1, 0.15) is 17.6 Å². The number of fused-ring (bicyclic) bond motifs is 1. The summed E-state index contributed by atoms with van der Waals surface area (Å²) in [4.78, 5) is 41.3. The zero-order chi connectivity index (χ0) is 26.2. The molecule has 192 valence electrons. The van der Waals surface area contributed by atoms with E-state index in [4.69, 9.17) is 4.74 Å². The van der Waals surface area contributed by atoms with Gasteiger partial charge in [-0.1, -0.05) is 12.1 Å². The predicted octanol–water partition coefficient (Wildman–Crippen LogP) is 4.40. The normalized spacial score (nSPS) is 18.1. The van der Waals surface area contributed by atoms with Gasteiger partial charge in [0.15, 0.2) is 0 Å². The smallest absolute Gasteiger partial charge is 0.419 e. The van der Waals surface area contributed by atoms with Crippen LogP contribution >= 0.6 is 0 Å². The molecule has 1 saturated heterocycles. The minimum atomic E-state index is -0.788. The number of pyridine rings is 2. The van der Waals surface area contributed by atoms with Crippen molar-refractivity contribution in [3.05, 3.63) is 72.2 Å². The number of amides is 2. The van der Waals surface area contributed by atoms with E-state index in [1.54, 1.807) is 39.2 Å². The molecule has 9 nitrogen and oxygen atoms in total. The van der Waals surface area contributed by atoms with Gasteiger partial charge >= 0.3 is 6.09 Å². The number of carbonyl (C=O) groups excluding carboxylic acids is 2. The Morgan fingerprint density at radius 1 is 1.00 bits per heavy atom. The lowest BCUT2D eigenvalue weighted by Gasteiger charge is -2.34. The van der Waals surface area contributed by atoms with Gasteiger partial charge in [0.05, 0.1) is 11.9 Å². The van der Waals surface area contributed by atoms with E-state index >= 15 is 0 Å². The van der Waals surface area contributed by atoms with Gasteiger partial charge in [-0.05, 0) is 69.3 Å². The van der Waals surface area contributed by atoms with E-state index in [0.717, 1.165) is 47.9 Å². The lowest BCUT2D eigenvalue weighted by atomic mass is 9.96. The number of hydrogen-bond acceptors (Lipinski definition) is 8. The molecule has 0 bridgehead atoms. The number of carbonyl (C=O) groups is 2. The monoisotopic (exact) mass is 500 g/mol. The fourth-order valence-electron chi connectivity index (χ4n) is 4.70. The van der Waals surface area contributed by atoms with Crippen LogP contribution in [0.15, 0.2) is 61.1 Å². The topological polar surface area (TPSA) is 90.9 Å². The number of imide groups is 1. The molecule has 1 fully saturated rings. The zero-order valence-corrected chi connectivity index (χ0v) is 21.6. The molecule has 0 spiro atoms. The van der Waals surface area contributed by atoms with Crippen LogP contribution in [0.1, 0.15) is 42.9 Å². The highest BCUT2D eigenvalue weighted by Crippen LogP contribution is 2.41. The standard InChI is InChI=1S/C28H32N6O3/c1-28(2,3)37-27(36)34-25(31-23-9-8-20(18-30-23)33-16-14-32(4)15-17-33)24-21(19-10-12-29-13-11-19)6-5-7-22(24)26(34)35/h5-13,18,25H,14-17H2,1-4H3,(H,30,31). The number of benzene rings is 1. The molecule has 4 heterocycles. The van der Waals surface area contributed by atoms with Crippen molar-refractivity contribution in [3.63, 3.8) is 0 Å². The van der Waals surface area contributed by atoms with Crippen molar-refractivity contribution >= 4 is 23.5 Å². The Labute approximate surface area is 217 Å². The van der Waals surface area contributed by atoms with Crippen LogP contribution in [0.4, 0.5) is 16.3 Å². The number of aromatic nitrogens is 2. The summed E-state index contributed by atoms with van der Waals surface area (Å²) in [5.74, 6) is 0.147. The number of piperazine rings is 1. The molecule has 2 aliphatic rings. The molecule has 0 saturated carbocycles. The highest BCUT2D eigenvalue weighted by Gasteiger charge is 2.44. The van der Waals surface area contributed by atoms with Crippen LogP contribution in [0, 0.1) is 0 Å². The van der Waals surface area contributed by atoms with E-state index < -0.39 is 23.8 Å². The van der Waals surface area contributed by atoms with Gasteiger partial charge in [0.2, 0.25) is 0 Å². The number of likely N-dealkylation sites (N-methyl/N-ethyl adjacent to an activating group) is 1. The largest absolute Gasteiger partial charge is 0.443 e. The SMILES string of the molecule is CN1CCN(c2ccc(NC3c4c(cccc4-c4ccncc4)C(=O)N3C(=O)OC(C)(C)C)nc2)CC1. The Kier molecular flexibility index (Phi) is 6.55. The number of rotatable bonds is 4. The van der Waals surface area contributed by atoms with Crippen LogP contribution in [0.2, 0.25) is 0 Å². The van der Waals surface area contributed by atoms with E-state index in [9.17, 15) is 9.59 Å². The van der Waals surface area contributed by atoms with Crippen LogP contribution in [-0.4, -0.2) is 70.6 Å². The van der Waals surface area contributed by atoms with Gasteiger partial charge in [-0.25, -0.2) is 14.7 Å². The third-order valence-corrected chi connectivity index (χ3v) is 6.57. The van der Waals surface area contributed by atoms with E-state index in [2.05, 4.69) is 32.1 Å². The molecule has 1 aromatic carbocycles. The van der Waals surface area contributed by atoms with Crippen molar-refractivity contribution in [3.8, 4) is 11.1 Å². The molecule has 9 heteroatoms. The summed E-state index contributed by atoms with van der Waals surface area (Å²) in [7, 11) is 2.12. The first-order valence-electron chi connectivity index (χ1n) is 12.5. The van der Waals surface area contributed by atoms with Crippen molar-refractivity contribution in [2.45, 2.75) is 32.5 Å². The Hall–Kier alpha value is -3.98. The van der Waals surface area contributed by atoms with E-state index in [1.807, 2.05) is 42.6 Å². The molecule has 1 atom stereocenters. The quantitative estimate of drug-likeness (QED) is 0.564. The summed E-state index contributed by atoms with van der Waals surface area (Å²) >= 11 is 0. The molecule has 0 radical (unpaired) electrons. The first kappa shape index (κ1) is 24.7. The summed E-state index contributed by atoms with van der Waals surface area (Å²) < 4.78 is 5.63. The second-order valence-electron chi connectivity index (χ2n) is 10.4. The molecular weight excluding hydrogens is 468 g/mol. The van der Waals surface area contributed by atoms with Crippen LogP contribution in [0.25, 0.3) is 11.1 Å². The van der Waals surface area contributed by atoms with E-state index in [0.29, 0.717) is 16.9 Å². The van der Waals surface area contributed by atoms with E-state index in [1.165, 1.54) is 0 Å². The molecule has 1 N–H and O–H groups in total. The predicted molar refractivity (Wildman–Crippen MR) is 142 cm³/mol. The Morgan fingerprint density at radius 2 is 1.70 bits per heavy atom. The summed E-state index contributed by atoms with van der Waals surface area (Å²) in [5, 5.41) is 3.34. The number of nitrogens with zero attached hydrogens (tertiary/aromatic N) is 5. The average Bonchev–Trinajstić information content (AvgIpc) is 3.16. The molecule has 2 aromatic heterocycles. The van der Waals surface area contributed by atoms with Gasteiger partial charge in [-0.15, -0.1) is 0 Å². The Morgan fingerprint density at radius 3 is 2.35 bits per heavy atom. The first-order valence-corrected chi connectivity index (χ1v) is 12.5. The van der Waals surface area contributed by atoms with Crippen molar-refractivity contribution < 1.29 is 14.3 Å². The van der Waals surface area contributed by atoms with Crippen LogP contribution in [0.5, 0.6) is 0 Å². The van der Waals surface area contributed by atoms with Crippen LogP contribution < -0.4 is 10.2 Å². The zero-order valence-electron chi connectivity index (χ0n) is 21.6. The number of hydrogen-bond donors (Lipinski definition) is 1. The second-order valence-corrected chi connectivity index (χ2v) is 10.4. The maximum absolute atomic E-state index is 13.5. The van der Waals surface area contributed by atoms with E-state index in [-0.39, 0.29) is 0 Å². The average molecular weight is 501 g/mol. The molecular formula is C28H32N6O3. The van der Waals surface area contributed by atoms with Crippen molar-refractivity contribution in [1.29, 1.82) is 0 Å². The lowest BCUT2D eigenvalue weighted by Crippen LogP contribution is -2.44. The Balaban J connectivity index is 1.50. The third kappa shape index (κ3) is 5.13. The summed E-state index contributed by atoms with van der Waals surface area (Å²) in [6, 6.07) is 13.2. The summed E-state index contributed by atoms with van der Waals surface area (Å²) in [5.41, 5.74) is 3.18. The molecule has 3 aromatic rings.